The van der Waals surface area contributed by atoms with Crippen LogP contribution in [0, 0.1) is 0 Å². The van der Waals surface area contributed by atoms with Gasteiger partial charge in [0.1, 0.15) is 5.69 Å². The van der Waals surface area contributed by atoms with Gasteiger partial charge in [-0.25, -0.2) is 0 Å². The van der Waals surface area contributed by atoms with Gasteiger partial charge in [0.15, 0.2) is 0 Å². The second-order valence-corrected chi connectivity index (χ2v) is 7.46. The molecule has 1 N–H and O–H groups in total. The van der Waals surface area contributed by atoms with Gasteiger partial charge in [0, 0.05) is 18.0 Å². The fraction of sp³-hybridized carbons (Fsp3) is 0.474. The minimum atomic E-state index is -0.0828. The Morgan fingerprint density at radius 3 is 2.64 bits per heavy atom. The minimum absolute atomic E-state index is 0.0635. The number of aryl methyl sites for hydroxylation is 1. The first-order valence-electron chi connectivity index (χ1n) is 8.69. The van der Waals surface area contributed by atoms with Gasteiger partial charge in [-0.3, -0.25) is 9.48 Å². The predicted octanol–water partition coefficient (Wildman–Crippen LogP) is 3.37. The first-order valence-corrected chi connectivity index (χ1v) is 9.07. The van der Waals surface area contributed by atoms with E-state index in [1.54, 1.807) is 4.68 Å². The molecule has 1 saturated carbocycles. The second kappa shape index (κ2) is 7.58. The summed E-state index contributed by atoms with van der Waals surface area (Å²) in [6.45, 7) is 0.881. The van der Waals surface area contributed by atoms with E-state index in [-0.39, 0.29) is 11.9 Å². The van der Waals surface area contributed by atoms with Crippen molar-refractivity contribution in [2.45, 2.75) is 31.2 Å². The second-order valence-electron chi connectivity index (χ2n) is 7.02. The molecule has 0 saturated heterocycles. The molecule has 3 rings (SSSR count). The summed E-state index contributed by atoms with van der Waals surface area (Å²) in [5, 5.41) is 8.35. The Kier molecular flexibility index (Phi) is 5.45. The molecule has 1 amide bonds. The third-order valence-corrected chi connectivity index (χ3v) is 4.82. The molecule has 1 aromatic heterocycles. The molecule has 0 radical (unpaired) electrons. The van der Waals surface area contributed by atoms with Crippen LogP contribution in [0.1, 0.15) is 53.0 Å². The maximum atomic E-state index is 12.8. The zero-order valence-electron chi connectivity index (χ0n) is 15.0. The van der Waals surface area contributed by atoms with Gasteiger partial charge >= 0.3 is 0 Å². The molecule has 0 aliphatic heterocycles. The molecule has 1 atom stereocenters. The highest BCUT2D eigenvalue weighted by Gasteiger charge is 2.28. The van der Waals surface area contributed by atoms with E-state index in [0.29, 0.717) is 16.6 Å². The van der Waals surface area contributed by atoms with Crippen LogP contribution < -0.4 is 5.32 Å². The van der Waals surface area contributed by atoms with Gasteiger partial charge in [-0.05, 0) is 63.7 Å². The average Bonchev–Trinajstić information content (AvgIpc) is 3.34. The number of carbonyl (C=O) groups is 1. The van der Waals surface area contributed by atoms with E-state index in [1.807, 2.05) is 51.5 Å². The molecule has 1 aliphatic carbocycles. The van der Waals surface area contributed by atoms with Crippen molar-refractivity contribution >= 4 is 17.5 Å². The fourth-order valence-corrected chi connectivity index (χ4v) is 3.04. The van der Waals surface area contributed by atoms with Gasteiger partial charge in [-0.2, -0.15) is 5.10 Å². The van der Waals surface area contributed by atoms with Gasteiger partial charge in [0.25, 0.3) is 5.91 Å². The van der Waals surface area contributed by atoms with Gasteiger partial charge in [-0.15, -0.1) is 0 Å². The Bertz CT molecular complexity index is 734. The number of benzene rings is 1. The van der Waals surface area contributed by atoms with Crippen LogP contribution in [-0.2, 0) is 7.05 Å². The van der Waals surface area contributed by atoms with E-state index in [4.69, 9.17) is 11.6 Å². The highest BCUT2D eigenvalue weighted by molar-refractivity contribution is 6.30. The van der Waals surface area contributed by atoms with E-state index < -0.39 is 0 Å². The topological polar surface area (TPSA) is 50.2 Å². The third kappa shape index (κ3) is 4.61. The Hall–Kier alpha value is -1.85. The molecule has 6 heteroatoms. The van der Waals surface area contributed by atoms with Crippen molar-refractivity contribution in [2.75, 3.05) is 20.6 Å². The van der Waals surface area contributed by atoms with Crippen molar-refractivity contribution in [2.24, 2.45) is 7.05 Å². The van der Waals surface area contributed by atoms with Crippen LogP contribution in [0.3, 0.4) is 0 Å². The Morgan fingerprint density at radius 1 is 1.36 bits per heavy atom. The van der Waals surface area contributed by atoms with Crippen molar-refractivity contribution in [3.8, 4) is 0 Å². The van der Waals surface area contributed by atoms with E-state index in [2.05, 4.69) is 15.3 Å². The summed E-state index contributed by atoms with van der Waals surface area (Å²) in [5.41, 5.74) is 2.71. The van der Waals surface area contributed by atoms with E-state index in [0.717, 1.165) is 24.2 Å². The third-order valence-electron chi connectivity index (χ3n) is 4.57. The van der Waals surface area contributed by atoms with E-state index in [1.165, 1.54) is 12.8 Å². The Balaban J connectivity index is 1.76. The molecule has 1 aromatic carbocycles. The molecule has 5 nitrogen and oxygen atoms in total. The molecular formula is C19H25ClN4O. The standard InChI is InChI=1S/C19H25ClN4O/c1-23(2)11-10-16(13-6-8-15(20)9-7-13)21-19(25)18-12-17(14-4-5-14)22-24(18)3/h6-9,12,14,16H,4-5,10-11H2,1-3H3,(H,21,25). The summed E-state index contributed by atoms with van der Waals surface area (Å²) >= 11 is 6.00. The quantitative estimate of drug-likeness (QED) is 0.823. The lowest BCUT2D eigenvalue weighted by Crippen LogP contribution is -2.32. The van der Waals surface area contributed by atoms with Gasteiger partial charge in [-0.1, -0.05) is 23.7 Å². The molecule has 1 fully saturated rings. The van der Waals surface area contributed by atoms with E-state index in [9.17, 15) is 4.79 Å². The zero-order valence-corrected chi connectivity index (χ0v) is 15.8. The highest BCUT2D eigenvalue weighted by Crippen LogP contribution is 2.39. The van der Waals surface area contributed by atoms with Crippen molar-refractivity contribution in [1.82, 2.24) is 20.0 Å². The number of nitrogens with zero attached hydrogens (tertiary/aromatic N) is 3. The lowest BCUT2D eigenvalue weighted by Gasteiger charge is -2.21. The number of halogens is 1. The number of amides is 1. The van der Waals surface area contributed by atoms with Crippen LogP contribution in [-0.4, -0.2) is 41.2 Å². The van der Waals surface area contributed by atoms with Crippen molar-refractivity contribution in [3.63, 3.8) is 0 Å². The summed E-state index contributed by atoms with van der Waals surface area (Å²) in [4.78, 5) is 14.9. The van der Waals surface area contributed by atoms with Crippen LogP contribution >= 0.6 is 11.6 Å². The summed E-state index contributed by atoms with van der Waals surface area (Å²) in [6.07, 6.45) is 3.18. The smallest absolute Gasteiger partial charge is 0.270 e. The normalized spacial score (nSPS) is 15.4. The minimum Gasteiger partial charge on any atom is -0.344 e. The first-order chi connectivity index (χ1) is 11.9. The Labute approximate surface area is 154 Å². The van der Waals surface area contributed by atoms with Crippen LogP contribution in [0.4, 0.5) is 0 Å². The Morgan fingerprint density at radius 2 is 2.04 bits per heavy atom. The molecule has 2 aromatic rings. The molecular weight excluding hydrogens is 336 g/mol. The monoisotopic (exact) mass is 360 g/mol. The number of rotatable bonds is 7. The van der Waals surface area contributed by atoms with Crippen LogP contribution in [0.5, 0.6) is 0 Å². The van der Waals surface area contributed by atoms with Crippen LogP contribution in [0.2, 0.25) is 5.02 Å². The molecule has 0 spiro atoms. The van der Waals surface area contributed by atoms with Crippen molar-refractivity contribution in [3.05, 3.63) is 52.3 Å². The SMILES string of the molecule is CN(C)CCC(NC(=O)c1cc(C2CC2)nn1C)c1ccc(Cl)cc1. The fourth-order valence-electron chi connectivity index (χ4n) is 2.92. The lowest BCUT2D eigenvalue weighted by atomic mass is 10.0. The number of carbonyl (C=O) groups excluding carboxylic acids is 1. The largest absolute Gasteiger partial charge is 0.344 e. The molecule has 25 heavy (non-hydrogen) atoms. The lowest BCUT2D eigenvalue weighted by molar-refractivity contribution is 0.0923. The number of hydrogen-bond acceptors (Lipinski definition) is 3. The molecule has 1 unspecified atom stereocenters. The van der Waals surface area contributed by atoms with Gasteiger partial charge in [0.2, 0.25) is 0 Å². The van der Waals surface area contributed by atoms with E-state index >= 15 is 0 Å². The maximum absolute atomic E-state index is 12.8. The summed E-state index contributed by atoms with van der Waals surface area (Å²) in [7, 11) is 5.89. The van der Waals surface area contributed by atoms with Crippen molar-refractivity contribution < 1.29 is 4.79 Å². The van der Waals surface area contributed by atoms with Crippen LogP contribution in [0.25, 0.3) is 0 Å². The maximum Gasteiger partial charge on any atom is 0.270 e. The highest BCUT2D eigenvalue weighted by atomic mass is 35.5. The average molecular weight is 361 g/mol. The first kappa shape index (κ1) is 18.0. The van der Waals surface area contributed by atoms with Crippen molar-refractivity contribution in [1.29, 1.82) is 0 Å². The number of nitrogens with one attached hydrogen (secondary N) is 1. The molecule has 134 valence electrons. The number of aromatic nitrogens is 2. The zero-order chi connectivity index (χ0) is 18.0. The summed E-state index contributed by atoms with van der Waals surface area (Å²) in [5.74, 6) is 0.453. The number of hydrogen-bond donors (Lipinski definition) is 1. The van der Waals surface area contributed by atoms with Gasteiger partial charge < -0.3 is 10.2 Å². The predicted molar refractivity (Wildman–Crippen MR) is 100 cm³/mol. The molecule has 1 heterocycles. The summed E-state index contributed by atoms with van der Waals surface area (Å²) in [6, 6.07) is 9.54. The van der Waals surface area contributed by atoms with Crippen LogP contribution in [0.15, 0.2) is 30.3 Å². The molecule has 1 aliphatic rings. The van der Waals surface area contributed by atoms with Gasteiger partial charge in [0.05, 0.1) is 11.7 Å². The summed E-state index contributed by atoms with van der Waals surface area (Å²) < 4.78 is 1.69. The molecule has 0 bridgehead atoms.